The van der Waals surface area contributed by atoms with E-state index >= 15 is 0 Å². The molecule has 2 aliphatic carbocycles. The van der Waals surface area contributed by atoms with E-state index in [0.717, 1.165) is 30.1 Å². The third-order valence-electron chi connectivity index (χ3n) is 8.57. The van der Waals surface area contributed by atoms with E-state index in [1.807, 2.05) is 6.08 Å². The molecule has 0 spiro atoms. The first-order valence-corrected chi connectivity index (χ1v) is 14.2. The lowest BCUT2D eigenvalue weighted by molar-refractivity contribution is 0.140. The number of nitrogens with zero attached hydrogens (tertiary/aromatic N) is 1. The Morgan fingerprint density at radius 2 is 1.41 bits per heavy atom. The molecule has 1 aromatic rings. The second-order valence-electron chi connectivity index (χ2n) is 11.0. The van der Waals surface area contributed by atoms with Gasteiger partial charge in [0.2, 0.25) is 0 Å². The van der Waals surface area contributed by atoms with Crippen molar-refractivity contribution in [2.75, 3.05) is 0 Å². The maximum atomic E-state index is 12.8. The van der Waals surface area contributed by atoms with Gasteiger partial charge in [0, 0.05) is 0 Å². The van der Waals surface area contributed by atoms with Crippen LogP contribution in [-0.4, -0.2) is 0 Å². The van der Waals surface area contributed by atoms with E-state index in [9.17, 15) is 4.39 Å². The standard InChI is InChI=1S/C32H46FN/c1-2-8-26-13-15-27(16-14-26)10-6-7-11-29-19-23-31(24-20-29)30-21-17-28(18-22-30)9-4-3-5-12-32(33)25-34/h3,5,12-16,28-31H,2,4,6-11,17-24H2,1H3. The maximum Gasteiger partial charge on any atom is 0.199 e. The van der Waals surface area contributed by atoms with Crippen LogP contribution in [0.4, 0.5) is 4.39 Å². The second-order valence-corrected chi connectivity index (χ2v) is 11.0. The Morgan fingerprint density at radius 3 is 1.97 bits per heavy atom. The SMILES string of the molecule is CCCc1ccc(CCCCC2CCC(C3CCC(CCC=CC=C(F)C#N)CC3)CC2)cc1. The lowest BCUT2D eigenvalue weighted by Gasteiger charge is -2.38. The van der Waals surface area contributed by atoms with Crippen molar-refractivity contribution in [2.45, 2.75) is 110 Å². The van der Waals surface area contributed by atoms with Gasteiger partial charge in [0.15, 0.2) is 5.83 Å². The molecule has 2 heteroatoms. The fraction of sp³-hybridized carbons (Fsp3) is 0.656. The van der Waals surface area contributed by atoms with Gasteiger partial charge in [0.1, 0.15) is 6.07 Å². The number of aryl methyl sites for hydroxylation is 2. The van der Waals surface area contributed by atoms with Crippen molar-refractivity contribution < 1.29 is 4.39 Å². The van der Waals surface area contributed by atoms with Crippen molar-refractivity contribution in [1.82, 2.24) is 0 Å². The van der Waals surface area contributed by atoms with Gasteiger partial charge in [-0.2, -0.15) is 9.65 Å². The van der Waals surface area contributed by atoms with Crippen LogP contribution in [0.2, 0.25) is 0 Å². The number of unbranched alkanes of at least 4 members (excludes halogenated alkanes) is 1. The van der Waals surface area contributed by atoms with Crippen molar-refractivity contribution in [3.8, 4) is 6.07 Å². The molecule has 0 atom stereocenters. The first-order valence-electron chi connectivity index (χ1n) is 14.2. The van der Waals surface area contributed by atoms with Crippen molar-refractivity contribution in [1.29, 1.82) is 5.26 Å². The average molecular weight is 464 g/mol. The molecule has 0 N–H and O–H groups in total. The van der Waals surface area contributed by atoms with Gasteiger partial charge in [-0.25, -0.2) is 0 Å². The summed E-state index contributed by atoms with van der Waals surface area (Å²) in [6.45, 7) is 2.25. The molecule has 0 aromatic heterocycles. The normalized spacial score (nSPS) is 26.0. The Labute approximate surface area is 208 Å². The van der Waals surface area contributed by atoms with Crippen LogP contribution in [0.3, 0.4) is 0 Å². The Morgan fingerprint density at radius 1 is 0.853 bits per heavy atom. The summed E-state index contributed by atoms with van der Waals surface area (Å²) in [6.07, 6.45) is 26.5. The van der Waals surface area contributed by atoms with Crippen molar-refractivity contribution in [3.63, 3.8) is 0 Å². The Balaban J connectivity index is 1.24. The highest BCUT2D eigenvalue weighted by atomic mass is 19.1. The molecule has 0 aliphatic heterocycles. The Hall–Kier alpha value is -1.88. The molecule has 0 saturated heterocycles. The third kappa shape index (κ3) is 9.40. The molecule has 0 amide bonds. The summed E-state index contributed by atoms with van der Waals surface area (Å²) < 4.78 is 12.8. The van der Waals surface area contributed by atoms with Gasteiger partial charge < -0.3 is 0 Å². The molecule has 0 bridgehead atoms. The van der Waals surface area contributed by atoms with E-state index in [4.69, 9.17) is 5.26 Å². The summed E-state index contributed by atoms with van der Waals surface area (Å²) in [6, 6.07) is 10.8. The molecule has 2 saturated carbocycles. The number of nitriles is 1. The first kappa shape index (κ1) is 26.7. The van der Waals surface area contributed by atoms with Gasteiger partial charge in [-0.05, 0) is 98.7 Å². The largest absolute Gasteiger partial charge is 0.199 e. The molecule has 1 aromatic carbocycles. The lowest BCUT2D eigenvalue weighted by Crippen LogP contribution is -2.25. The van der Waals surface area contributed by atoms with E-state index in [1.54, 1.807) is 6.08 Å². The average Bonchev–Trinajstić information content (AvgIpc) is 2.88. The predicted octanol–water partition coefficient (Wildman–Crippen LogP) is 9.68. The van der Waals surface area contributed by atoms with Gasteiger partial charge in [0.05, 0.1) is 0 Å². The van der Waals surface area contributed by atoms with Crippen molar-refractivity contribution in [3.05, 3.63) is 59.4 Å². The minimum Gasteiger partial charge on any atom is -0.195 e. The summed E-state index contributed by atoms with van der Waals surface area (Å²) in [5.74, 6) is 3.06. The highest BCUT2D eigenvalue weighted by Gasteiger charge is 2.30. The maximum absolute atomic E-state index is 12.8. The molecule has 2 aliphatic rings. The van der Waals surface area contributed by atoms with Crippen molar-refractivity contribution in [2.24, 2.45) is 23.7 Å². The molecular weight excluding hydrogens is 417 g/mol. The molecule has 0 unspecified atom stereocenters. The predicted molar refractivity (Wildman–Crippen MR) is 142 cm³/mol. The van der Waals surface area contributed by atoms with Gasteiger partial charge in [-0.15, -0.1) is 0 Å². The summed E-state index contributed by atoms with van der Waals surface area (Å²) >= 11 is 0. The van der Waals surface area contributed by atoms with Crippen LogP contribution in [0, 0.1) is 35.0 Å². The topological polar surface area (TPSA) is 23.8 Å². The fourth-order valence-electron chi connectivity index (χ4n) is 6.44. The lowest BCUT2D eigenvalue weighted by atomic mass is 9.68. The van der Waals surface area contributed by atoms with E-state index in [2.05, 4.69) is 31.2 Å². The molecule has 2 fully saturated rings. The third-order valence-corrected chi connectivity index (χ3v) is 8.57. The zero-order chi connectivity index (χ0) is 24.0. The van der Waals surface area contributed by atoms with Crippen LogP contribution >= 0.6 is 0 Å². The molecule has 3 rings (SSSR count). The molecule has 34 heavy (non-hydrogen) atoms. The van der Waals surface area contributed by atoms with E-state index < -0.39 is 5.83 Å². The number of hydrogen-bond donors (Lipinski definition) is 0. The monoisotopic (exact) mass is 463 g/mol. The molecule has 186 valence electrons. The summed E-state index contributed by atoms with van der Waals surface area (Å²) in [5.41, 5.74) is 2.99. The first-order chi connectivity index (χ1) is 16.7. The number of benzene rings is 1. The highest BCUT2D eigenvalue weighted by Crippen LogP contribution is 2.43. The molecule has 1 nitrogen and oxygen atoms in total. The number of rotatable bonds is 12. The molecular formula is C32H46FN. The fourth-order valence-corrected chi connectivity index (χ4v) is 6.44. The summed E-state index contributed by atoms with van der Waals surface area (Å²) in [4.78, 5) is 0. The zero-order valence-electron chi connectivity index (χ0n) is 21.5. The van der Waals surface area contributed by atoms with Gasteiger partial charge >= 0.3 is 0 Å². The van der Waals surface area contributed by atoms with Crippen LogP contribution in [0.15, 0.2) is 48.3 Å². The number of halogens is 1. The summed E-state index contributed by atoms with van der Waals surface area (Å²) in [7, 11) is 0. The van der Waals surface area contributed by atoms with E-state index in [0.29, 0.717) is 0 Å². The minimum absolute atomic E-state index is 0.709. The van der Waals surface area contributed by atoms with Crippen LogP contribution in [0.25, 0.3) is 0 Å². The number of allylic oxidation sites excluding steroid dienone is 4. The minimum atomic E-state index is -0.709. The van der Waals surface area contributed by atoms with E-state index in [-0.39, 0.29) is 0 Å². The van der Waals surface area contributed by atoms with E-state index in [1.165, 1.54) is 120 Å². The zero-order valence-corrected chi connectivity index (χ0v) is 21.5. The van der Waals surface area contributed by atoms with Crippen molar-refractivity contribution >= 4 is 0 Å². The van der Waals surface area contributed by atoms with Crippen LogP contribution in [0.5, 0.6) is 0 Å². The second kappa shape index (κ2) is 15.2. The quantitative estimate of drug-likeness (QED) is 0.172. The summed E-state index contributed by atoms with van der Waals surface area (Å²) in [5, 5.41) is 8.42. The smallest absolute Gasteiger partial charge is 0.195 e. The molecule has 0 radical (unpaired) electrons. The highest BCUT2D eigenvalue weighted by molar-refractivity contribution is 5.22. The van der Waals surface area contributed by atoms with Crippen LogP contribution < -0.4 is 0 Å². The Kier molecular flexibility index (Phi) is 11.9. The number of hydrogen-bond acceptors (Lipinski definition) is 1. The van der Waals surface area contributed by atoms with Gasteiger partial charge in [-0.1, -0.05) is 88.3 Å². The van der Waals surface area contributed by atoms with Crippen LogP contribution in [0.1, 0.15) is 108 Å². The van der Waals surface area contributed by atoms with Gasteiger partial charge in [-0.3, -0.25) is 0 Å². The Bertz CT molecular complexity index is 783. The van der Waals surface area contributed by atoms with Crippen LogP contribution in [-0.2, 0) is 12.8 Å². The van der Waals surface area contributed by atoms with Gasteiger partial charge in [0.25, 0.3) is 0 Å². The molecule has 0 heterocycles.